The fraction of sp³-hybridized carbons (Fsp3) is 0.154. The van der Waals surface area contributed by atoms with Crippen molar-refractivity contribution in [2.45, 2.75) is 6.61 Å². The molecule has 3 aromatic heterocycles. The van der Waals surface area contributed by atoms with Gasteiger partial charge in [0.15, 0.2) is 4.96 Å². The van der Waals surface area contributed by atoms with Crippen LogP contribution in [0.5, 0.6) is 0 Å². The van der Waals surface area contributed by atoms with Crippen LogP contribution in [0, 0.1) is 0 Å². The van der Waals surface area contributed by atoms with E-state index in [-0.39, 0.29) is 12.2 Å². The number of esters is 1. The quantitative estimate of drug-likeness (QED) is 0.685. The SMILES string of the molecule is Cn1cccc1C(=O)OCc1cc(=O)n2ccsc2n1. The first-order chi connectivity index (χ1) is 9.65. The molecule has 3 rings (SSSR count). The average Bonchev–Trinajstić information content (AvgIpc) is 3.04. The molecule has 3 heterocycles. The molecule has 0 atom stereocenters. The molecule has 0 saturated heterocycles. The molecule has 102 valence electrons. The van der Waals surface area contributed by atoms with Gasteiger partial charge in [0.1, 0.15) is 12.3 Å². The lowest BCUT2D eigenvalue weighted by molar-refractivity contribution is 0.0456. The van der Waals surface area contributed by atoms with E-state index in [2.05, 4.69) is 4.98 Å². The zero-order chi connectivity index (χ0) is 14.1. The Kier molecular flexibility index (Phi) is 3.11. The Morgan fingerprint density at radius 1 is 1.45 bits per heavy atom. The third-order valence-corrected chi connectivity index (χ3v) is 3.62. The number of carbonyl (C=O) groups is 1. The van der Waals surface area contributed by atoms with E-state index in [1.54, 1.807) is 41.5 Å². The van der Waals surface area contributed by atoms with Gasteiger partial charge in [0.2, 0.25) is 0 Å². The van der Waals surface area contributed by atoms with E-state index >= 15 is 0 Å². The maximum atomic E-state index is 11.8. The predicted molar refractivity (Wildman–Crippen MR) is 73.9 cm³/mol. The molecule has 0 saturated carbocycles. The summed E-state index contributed by atoms with van der Waals surface area (Å²) in [4.78, 5) is 28.5. The molecule has 7 heteroatoms. The predicted octanol–water partition coefficient (Wildman–Crippen LogP) is 1.45. The molecule has 0 fully saturated rings. The molecule has 3 aromatic rings. The number of hydrogen-bond acceptors (Lipinski definition) is 5. The number of aryl methyl sites for hydroxylation is 1. The molecule has 0 unspecified atom stereocenters. The molecule has 0 amide bonds. The molecule has 0 aliphatic carbocycles. The standard InChI is InChI=1S/C13H11N3O3S/c1-15-4-2-3-10(15)12(18)19-8-9-7-11(17)16-5-6-20-13(16)14-9/h2-7H,8H2,1H3. The summed E-state index contributed by atoms with van der Waals surface area (Å²) in [7, 11) is 1.76. The van der Waals surface area contributed by atoms with Crippen LogP contribution in [-0.2, 0) is 18.4 Å². The maximum absolute atomic E-state index is 11.8. The summed E-state index contributed by atoms with van der Waals surface area (Å²) in [6.07, 6.45) is 3.42. The largest absolute Gasteiger partial charge is 0.454 e. The van der Waals surface area contributed by atoms with Crippen LogP contribution in [0.4, 0.5) is 0 Å². The van der Waals surface area contributed by atoms with Crippen LogP contribution in [0.3, 0.4) is 0 Å². The van der Waals surface area contributed by atoms with E-state index < -0.39 is 5.97 Å². The first-order valence-corrected chi connectivity index (χ1v) is 6.77. The normalized spacial score (nSPS) is 10.8. The fourth-order valence-electron chi connectivity index (χ4n) is 1.85. The molecule has 20 heavy (non-hydrogen) atoms. The maximum Gasteiger partial charge on any atom is 0.355 e. The summed E-state index contributed by atoms with van der Waals surface area (Å²) in [6.45, 7) is -0.0202. The van der Waals surface area contributed by atoms with Crippen LogP contribution in [-0.4, -0.2) is 19.9 Å². The first kappa shape index (κ1) is 12.6. The van der Waals surface area contributed by atoms with E-state index in [1.165, 1.54) is 21.8 Å². The highest BCUT2D eigenvalue weighted by molar-refractivity contribution is 7.15. The van der Waals surface area contributed by atoms with Crippen molar-refractivity contribution in [3.05, 3.63) is 57.7 Å². The van der Waals surface area contributed by atoms with Gasteiger partial charge < -0.3 is 9.30 Å². The smallest absolute Gasteiger partial charge is 0.355 e. The minimum Gasteiger partial charge on any atom is -0.454 e. The Bertz CT molecular complexity index is 831. The van der Waals surface area contributed by atoms with Crippen molar-refractivity contribution in [3.8, 4) is 0 Å². The van der Waals surface area contributed by atoms with Gasteiger partial charge in [0.05, 0.1) is 5.69 Å². The zero-order valence-electron chi connectivity index (χ0n) is 10.6. The van der Waals surface area contributed by atoms with Crippen molar-refractivity contribution in [2.24, 2.45) is 7.05 Å². The van der Waals surface area contributed by atoms with E-state index in [0.29, 0.717) is 16.3 Å². The molecular weight excluding hydrogens is 278 g/mol. The molecule has 0 aliphatic heterocycles. The first-order valence-electron chi connectivity index (χ1n) is 5.89. The summed E-state index contributed by atoms with van der Waals surface area (Å²) in [5.74, 6) is -0.439. The Morgan fingerprint density at radius 2 is 2.30 bits per heavy atom. The number of hydrogen-bond donors (Lipinski definition) is 0. The van der Waals surface area contributed by atoms with Crippen LogP contribution in [0.2, 0.25) is 0 Å². The van der Waals surface area contributed by atoms with Gasteiger partial charge in [-0.05, 0) is 12.1 Å². The van der Waals surface area contributed by atoms with E-state index in [0.717, 1.165) is 0 Å². The van der Waals surface area contributed by atoms with Gasteiger partial charge in [-0.3, -0.25) is 9.20 Å². The van der Waals surface area contributed by atoms with Crippen molar-refractivity contribution < 1.29 is 9.53 Å². The molecule has 6 nitrogen and oxygen atoms in total. The Labute approximate surface area is 117 Å². The highest BCUT2D eigenvalue weighted by atomic mass is 32.1. The topological polar surface area (TPSA) is 65.6 Å². The van der Waals surface area contributed by atoms with E-state index in [1.807, 2.05) is 0 Å². The minimum atomic E-state index is -0.439. The van der Waals surface area contributed by atoms with Gasteiger partial charge in [-0.25, -0.2) is 9.78 Å². The fourth-order valence-corrected chi connectivity index (χ4v) is 2.59. The summed E-state index contributed by atoms with van der Waals surface area (Å²) < 4.78 is 8.29. The summed E-state index contributed by atoms with van der Waals surface area (Å²) in [5, 5.41) is 1.78. The lowest BCUT2D eigenvalue weighted by atomic mass is 10.4. The number of ether oxygens (including phenoxy) is 1. The van der Waals surface area contributed by atoms with E-state index in [4.69, 9.17) is 4.74 Å². The van der Waals surface area contributed by atoms with Gasteiger partial charge >= 0.3 is 5.97 Å². The lowest BCUT2D eigenvalue weighted by Crippen LogP contribution is -2.15. The number of fused-ring (bicyclic) bond motifs is 1. The number of thiazole rings is 1. The van der Waals surface area contributed by atoms with Gasteiger partial charge in [-0.1, -0.05) is 0 Å². The van der Waals surface area contributed by atoms with Crippen LogP contribution in [0.1, 0.15) is 16.2 Å². The van der Waals surface area contributed by atoms with Gasteiger partial charge in [-0.2, -0.15) is 0 Å². The van der Waals surface area contributed by atoms with Crippen molar-refractivity contribution >= 4 is 22.3 Å². The molecular formula is C13H11N3O3S. The highest BCUT2D eigenvalue weighted by Crippen LogP contribution is 2.08. The lowest BCUT2D eigenvalue weighted by Gasteiger charge is -2.05. The molecule has 0 aromatic carbocycles. The van der Waals surface area contributed by atoms with Crippen molar-refractivity contribution in [1.29, 1.82) is 0 Å². The van der Waals surface area contributed by atoms with Crippen LogP contribution in [0.15, 0.2) is 40.8 Å². The summed E-state index contributed by atoms with van der Waals surface area (Å²) in [5.41, 5.74) is 0.722. The minimum absolute atomic E-state index is 0.0202. The number of nitrogens with zero attached hydrogens (tertiary/aromatic N) is 3. The number of rotatable bonds is 3. The Hall–Kier alpha value is -2.41. The number of carbonyl (C=O) groups excluding carboxylic acids is 1. The van der Waals surface area contributed by atoms with Gasteiger partial charge in [-0.15, -0.1) is 11.3 Å². The average molecular weight is 289 g/mol. The van der Waals surface area contributed by atoms with E-state index in [9.17, 15) is 9.59 Å². The number of aromatic nitrogens is 3. The second-order valence-electron chi connectivity index (χ2n) is 4.22. The molecule has 0 bridgehead atoms. The van der Waals surface area contributed by atoms with Gasteiger partial charge in [0.25, 0.3) is 5.56 Å². The van der Waals surface area contributed by atoms with Crippen LogP contribution in [0.25, 0.3) is 4.96 Å². The van der Waals surface area contributed by atoms with Crippen molar-refractivity contribution in [2.75, 3.05) is 0 Å². The second-order valence-corrected chi connectivity index (χ2v) is 5.09. The monoisotopic (exact) mass is 289 g/mol. The Balaban J connectivity index is 1.79. The second kappa shape index (κ2) is 4.93. The zero-order valence-corrected chi connectivity index (χ0v) is 11.5. The summed E-state index contributed by atoms with van der Waals surface area (Å²) in [6, 6.07) is 4.81. The van der Waals surface area contributed by atoms with Gasteiger partial charge in [0, 0.05) is 30.9 Å². The third kappa shape index (κ3) is 2.23. The van der Waals surface area contributed by atoms with Crippen LogP contribution < -0.4 is 5.56 Å². The van der Waals surface area contributed by atoms with Crippen molar-refractivity contribution in [1.82, 2.24) is 14.0 Å². The Morgan fingerprint density at radius 3 is 3.05 bits per heavy atom. The molecule has 0 spiro atoms. The molecule has 0 aliphatic rings. The molecule has 0 N–H and O–H groups in total. The third-order valence-electron chi connectivity index (χ3n) is 2.86. The van der Waals surface area contributed by atoms with Crippen molar-refractivity contribution in [3.63, 3.8) is 0 Å². The summed E-state index contributed by atoms with van der Waals surface area (Å²) >= 11 is 1.36. The highest BCUT2D eigenvalue weighted by Gasteiger charge is 2.11. The van der Waals surface area contributed by atoms with Crippen LogP contribution >= 0.6 is 11.3 Å². The molecule has 0 radical (unpaired) electrons.